The summed E-state index contributed by atoms with van der Waals surface area (Å²) in [6, 6.07) is 1.79. The van der Waals surface area contributed by atoms with Crippen molar-refractivity contribution in [3.8, 4) is 5.88 Å². The standard InChI is InChI=1S/C16H27N5O/c1-14-4-6-20(13-14)8-7-19-9-11-21(12-10-19)16-17-5-3-15(18-16)22-2/h3,5,14H,4,6-13H2,1-2H3/t14-/m1/s1. The van der Waals surface area contributed by atoms with Gasteiger partial charge in [0.15, 0.2) is 0 Å². The zero-order valence-electron chi connectivity index (χ0n) is 13.7. The fourth-order valence-corrected chi connectivity index (χ4v) is 3.28. The number of anilines is 1. The third kappa shape index (κ3) is 3.87. The van der Waals surface area contributed by atoms with Crippen LogP contribution in [0.15, 0.2) is 12.3 Å². The van der Waals surface area contributed by atoms with Crippen LogP contribution in [0, 0.1) is 5.92 Å². The summed E-state index contributed by atoms with van der Waals surface area (Å²) in [7, 11) is 1.64. The monoisotopic (exact) mass is 305 g/mol. The highest BCUT2D eigenvalue weighted by Crippen LogP contribution is 2.16. The van der Waals surface area contributed by atoms with E-state index in [1.54, 1.807) is 19.4 Å². The summed E-state index contributed by atoms with van der Waals surface area (Å²) in [5.41, 5.74) is 0. The molecule has 2 saturated heterocycles. The Morgan fingerprint density at radius 2 is 1.91 bits per heavy atom. The van der Waals surface area contributed by atoms with Crippen LogP contribution in [0.1, 0.15) is 13.3 Å². The molecule has 3 rings (SSSR count). The molecule has 0 aromatic carbocycles. The van der Waals surface area contributed by atoms with E-state index in [1.807, 2.05) is 0 Å². The second-order valence-electron chi connectivity index (χ2n) is 6.42. The summed E-state index contributed by atoms with van der Waals surface area (Å²) in [5.74, 6) is 2.30. The average molecular weight is 305 g/mol. The normalized spacial score (nSPS) is 23.9. The van der Waals surface area contributed by atoms with E-state index in [0.29, 0.717) is 5.88 Å². The molecule has 0 radical (unpaired) electrons. The van der Waals surface area contributed by atoms with Gasteiger partial charge in [-0.05, 0) is 18.9 Å². The Bertz CT molecular complexity index is 475. The van der Waals surface area contributed by atoms with Gasteiger partial charge in [0.05, 0.1) is 7.11 Å². The summed E-state index contributed by atoms with van der Waals surface area (Å²) in [5, 5.41) is 0. The molecule has 0 bridgehead atoms. The number of piperazine rings is 1. The highest BCUT2D eigenvalue weighted by molar-refractivity contribution is 5.32. The zero-order valence-corrected chi connectivity index (χ0v) is 13.7. The molecule has 6 heteroatoms. The molecule has 0 aliphatic carbocycles. The lowest BCUT2D eigenvalue weighted by atomic mass is 10.2. The number of methoxy groups -OCH3 is 1. The van der Waals surface area contributed by atoms with E-state index >= 15 is 0 Å². The molecule has 0 saturated carbocycles. The highest BCUT2D eigenvalue weighted by atomic mass is 16.5. The minimum Gasteiger partial charge on any atom is -0.481 e. The van der Waals surface area contributed by atoms with Crippen molar-refractivity contribution in [1.82, 2.24) is 19.8 Å². The van der Waals surface area contributed by atoms with Gasteiger partial charge >= 0.3 is 0 Å². The first-order valence-electron chi connectivity index (χ1n) is 8.31. The number of rotatable bonds is 5. The fourth-order valence-electron chi connectivity index (χ4n) is 3.28. The van der Waals surface area contributed by atoms with Gasteiger partial charge in [0.25, 0.3) is 0 Å². The maximum Gasteiger partial charge on any atom is 0.228 e. The number of hydrogen-bond donors (Lipinski definition) is 0. The van der Waals surface area contributed by atoms with E-state index in [-0.39, 0.29) is 0 Å². The molecule has 6 nitrogen and oxygen atoms in total. The van der Waals surface area contributed by atoms with Crippen molar-refractivity contribution >= 4 is 5.95 Å². The van der Waals surface area contributed by atoms with Crippen LogP contribution in [0.5, 0.6) is 5.88 Å². The topological polar surface area (TPSA) is 44.7 Å². The molecule has 0 spiro atoms. The molecule has 1 aromatic rings. The summed E-state index contributed by atoms with van der Waals surface area (Å²) < 4.78 is 5.18. The third-order valence-electron chi connectivity index (χ3n) is 4.72. The minimum atomic E-state index is 0.635. The number of nitrogens with zero attached hydrogens (tertiary/aromatic N) is 5. The summed E-state index contributed by atoms with van der Waals surface area (Å²) in [4.78, 5) is 16.2. The van der Waals surface area contributed by atoms with Crippen LogP contribution in [0.2, 0.25) is 0 Å². The molecule has 3 heterocycles. The molecule has 0 amide bonds. The Morgan fingerprint density at radius 3 is 2.59 bits per heavy atom. The first-order chi connectivity index (χ1) is 10.7. The van der Waals surface area contributed by atoms with Gasteiger partial charge in [0.1, 0.15) is 0 Å². The molecule has 2 aliphatic heterocycles. The lowest BCUT2D eigenvalue weighted by Gasteiger charge is -2.35. The van der Waals surface area contributed by atoms with Gasteiger partial charge < -0.3 is 14.5 Å². The fraction of sp³-hybridized carbons (Fsp3) is 0.750. The second kappa shape index (κ2) is 7.24. The quantitative estimate of drug-likeness (QED) is 0.807. The van der Waals surface area contributed by atoms with Crippen LogP contribution in [0.4, 0.5) is 5.95 Å². The number of ether oxygens (including phenoxy) is 1. The smallest absolute Gasteiger partial charge is 0.228 e. The number of hydrogen-bond acceptors (Lipinski definition) is 6. The maximum atomic E-state index is 5.18. The first kappa shape index (κ1) is 15.5. The van der Waals surface area contributed by atoms with Gasteiger partial charge in [0, 0.05) is 58.1 Å². The van der Waals surface area contributed by atoms with Crippen molar-refractivity contribution < 1.29 is 4.74 Å². The van der Waals surface area contributed by atoms with Gasteiger partial charge in [-0.2, -0.15) is 4.98 Å². The molecule has 0 N–H and O–H groups in total. The molecule has 22 heavy (non-hydrogen) atoms. The third-order valence-corrected chi connectivity index (χ3v) is 4.72. The first-order valence-corrected chi connectivity index (χ1v) is 8.31. The van der Waals surface area contributed by atoms with Gasteiger partial charge in [-0.15, -0.1) is 0 Å². The summed E-state index contributed by atoms with van der Waals surface area (Å²) >= 11 is 0. The average Bonchev–Trinajstić information content (AvgIpc) is 2.99. The lowest BCUT2D eigenvalue weighted by molar-refractivity contribution is 0.212. The second-order valence-corrected chi connectivity index (χ2v) is 6.42. The molecule has 0 unspecified atom stereocenters. The summed E-state index contributed by atoms with van der Waals surface area (Å²) in [6.45, 7) is 11.4. The van der Waals surface area contributed by atoms with Gasteiger partial charge in [-0.25, -0.2) is 4.98 Å². The maximum absolute atomic E-state index is 5.18. The van der Waals surface area contributed by atoms with Crippen molar-refractivity contribution in [3.63, 3.8) is 0 Å². The molecule has 122 valence electrons. The van der Waals surface area contributed by atoms with Gasteiger partial charge in [-0.3, -0.25) is 4.90 Å². The Labute approximate surface area is 133 Å². The van der Waals surface area contributed by atoms with E-state index in [4.69, 9.17) is 4.74 Å². The Hall–Kier alpha value is -1.40. The van der Waals surface area contributed by atoms with Gasteiger partial charge in [0.2, 0.25) is 11.8 Å². The predicted octanol–water partition coefficient (Wildman–Crippen LogP) is 0.949. The van der Waals surface area contributed by atoms with E-state index < -0.39 is 0 Å². The molecular weight excluding hydrogens is 278 g/mol. The van der Waals surface area contributed by atoms with Crippen LogP contribution < -0.4 is 9.64 Å². The van der Waals surface area contributed by atoms with Crippen LogP contribution >= 0.6 is 0 Å². The van der Waals surface area contributed by atoms with Crippen LogP contribution in [-0.4, -0.2) is 79.2 Å². The molecule has 2 aliphatic rings. The number of likely N-dealkylation sites (tertiary alicyclic amines) is 1. The van der Waals surface area contributed by atoms with Crippen LogP contribution in [0.25, 0.3) is 0 Å². The molecule has 1 aromatic heterocycles. The van der Waals surface area contributed by atoms with Crippen molar-refractivity contribution in [3.05, 3.63) is 12.3 Å². The van der Waals surface area contributed by atoms with Crippen LogP contribution in [-0.2, 0) is 0 Å². The summed E-state index contributed by atoms with van der Waals surface area (Å²) in [6.07, 6.45) is 3.13. The van der Waals surface area contributed by atoms with E-state index in [0.717, 1.165) is 38.0 Å². The van der Waals surface area contributed by atoms with Crippen LogP contribution in [0.3, 0.4) is 0 Å². The molecular formula is C16H27N5O. The Morgan fingerprint density at radius 1 is 1.14 bits per heavy atom. The zero-order chi connectivity index (χ0) is 15.4. The Balaban J connectivity index is 1.44. The largest absolute Gasteiger partial charge is 0.481 e. The van der Waals surface area contributed by atoms with E-state index in [1.165, 1.54) is 32.6 Å². The van der Waals surface area contributed by atoms with Crippen molar-refractivity contribution in [2.75, 3.05) is 64.4 Å². The highest BCUT2D eigenvalue weighted by Gasteiger charge is 2.22. The SMILES string of the molecule is COc1ccnc(N2CCN(CCN3CC[C@@H](C)C3)CC2)n1. The predicted molar refractivity (Wildman–Crippen MR) is 87.5 cm³/mol. The van der Waals surface area contributed by atoms with E-state index in [2.05, 4.69) is 31.6 Å². The molecule has 2 fully saturated rings. The molecule has 1 atom stereocenters. The number of aromatic nitrogens is 2. The minimum absolute atomic E-state index is 0.635. The lowest BCUT2D eigenvalue weighted by Crippen LogP contribution is -2.48. The van der Waals surface area contributed by atoms with E-state index in [9.17, 15) is 0 Å². The van der Waals surface area contributed by atoms with Crippen molar-refractivity contribution in [2.45, 2.75) is 13.3 Å². The Kier molecular flexibility index (Phi) is 5.10. The van der Waals surface area contributed by atoms with Gasteiger partial charge in [-0.1, -0.05) is 6.92 Å². The van der Waals surface area contributed by atoms with Crippen molar-refractivity contribution in [1.29, 1.82) is 0 Å². The van der Waals surface area contributed by atoms with Crippen molar-refractivity contribution in [2.24, 2.45) is 5.92 Å².